The minimum absolute atomic E-state index is 0.0208. The SMILES string of the molecule is C=CC[C@@](Sc1ccccc1)(C(=O)NC(C)C)c1ccccc1. The van der Waals surface area contributed by atoms with Gasteiger partial charge in [0, 0.05) is 10.9 Å². The molecule has 0 heterocycles. The molecule has 2 aromatic rings. The molecule has 0 saturated heterocycles. The van der Waals surface area contributed by atoms with Crippen molar-refractivity contribution in [2.24, 2.45) is 0 Å². The minimum Gasteiger partial charge on any atom is -0.352 e. The highest BCUT2D eigenvalue weighted by atomic mass is 32.2. The Bertz CT molecular complexity index is 639. The van der Waals surface area contributed by atoms with Crippen molar-refractivity contribution in [3.63, 3.8) is 0 Å². The highest BCUT2D eigenvalue weighted by Gasteiger charge is 2.40. The second-order valence-corrected chi connectivity index (χ2v) is 7.10. The third kappa shape index (κ3) is 4.26. The van der Waals surface area contributed by atoms with Gasteiger partial charge >= 0.3 is 0 Å². The molecule has 1 amide bonds. The van der Waals surface area contributed by atoms with E-state index in [0.29, 0.717) is 6.42 Å². The summed E-state index contributed by atoms with van der Waals surface area (Å²) in [5.74, 6) is 0.0208. The average molecular weight is 325 g/mol. The molecular formula is C20H23NOS. The number of amides is 1. The summed E-state index contributed by atoms with van der Waals surface area (Å²) in [4.78, 5) is 14.2. The van der Waals surface area contributed by atoms with Gasteiger partial charge in [0.15, 0.2) is 0 Å². The Kier molecular flexibility index (Phi) is 6.05. The van der Waals surface area contributed by atoms with Crippen molar-refractivity contribution in [1.82, 2.24) is 5.32 Å². The van der Waals surface area contributed by atoms with Crippen LogP contribution in [0.4, 0.5) is 0 Å². The molecule has 0 aliphatic carbocycles. The van der Waals surface area contributed by atoms with Gasteiger partial charge in [-0.15, -0.1) is 18.3 Å². The molecule has 0 aliphatic heterocycles. The Morgan fingerprint density at radius 3 is 2.22 bits per heavy atom. The van der Waals surface area contributed by atoms with Crippen LogP contribution in [0.25, 0.3) is 0 Å². The fraction of sp³-hybridized carbons (Fsp3) is 0.250. The largest absolute Gasteiger partial charge is 0.352 e. The standard InChI is InChI=1S/C20H23NOS/c1-4-15-20(19(22)21-16(2)3,17-11-7-5-8-12-17)23-18-13-9-6-10-14-18/h4-14,16H,1,15H2,2-3H3,(H,21,22)/t20-/m0/s1. The maximum absolute atomic E-state index is 13.1. The lowest BCUT2D eigenvalue weighted by Crippen LogP contribution is -2.44. The van der Waals surface area contributed by atoms with E-state index in [1.165, 1.54) is 0 Å². The quantitative estimate of drug-likeness (QED) is 0.586. The molecule has 0 radical (unpaired) electrons. The van der Waals surface area contributed by atoms with Gasteiger partial charge in [0.05, 0.1) is 0 Å². The normalized spacial score (nSPS) is 13.3. The van der Waals surface area contributed by atoms with E-state index in [4.69, 9.17) is 0 Å². The second kappa shape index (κ2) is 8.02. The fourth-order valence-corrected chi connectivity index (χ4v) is 3.77. The Morgan fingerprint density at radius 1 is 1.13 bits per heavy atom. The molecule has 120 valence electrons. The van der Waals surface area contributed by atoms with Gasteiger partial charge in [-0.2, -0.15) is 0 Å². The molecule has 2 aromatic carbocycles. The van der Waals surface area contributed by atoms with Crippen LogP contribution in [0.1, 0.15) is 25.8 Å². The predicted octanol–water partition coefficient (Wildman–Crippen LogP) is 4.77. The summed E-state index contributed by atoms with van der Waals surface area (Å²) >= 11 is 1.58. The van der Waals surface area contributed by atoms with Gasteiger partial charge in [-0.1, -0.05) is 54.6 Å². The van der Waals surface area contributed by atoms with E-state index in [1.807, 2.05) is 80.6 Å². The first-order chi connectivity index (χ1) is 11.1. The number of carbonyl (C=O) groups excluding carboxylic acids is 1. The topological polar surface area (TPSA) is 29.1 Å². The van der Waals surface area contributed by atoms with Crippen LogP contribution < -0.4 is 5.32 Å². The fourth-order valence-electron chi connectivity index (χ4n) is 2.47. The van der Waals surface area contributed by atoms with Crippen molar-refractivity contribution in [2.75, 3.05) is 0 Å². The van der Waals surface area contributed by atoms with Crippen molar-refractivity contribution in [3.8, 4) is 0 Å². The summed E-state index contributed by atoms with van der Waals surface area (Å²) < 4.78 is -0.714. The molecule has 0 spiro atoms. The van der Waals surface area contributed by atoms with E-state index in [-0.39, 0.29) is 11.9 Å². The van der Waals surface area contributed by atoms with Gasteiger partial charge in [0.1, 0.15) is 4.75 Å². The van der Waals surface area contributed by atoms with Gasteiger partial charge in [-0.25, -0.2) is 0 Å². The number of carbonyl (C=O) groups is 1. The third-order valence-electron chi connectivity index (χ3n) is 3.49. The molecule has 2 rings (SSSR count). The second-order valence-electron chi connectivity index (χ2n) is 5.73. The Labute approximate surface area is 143 Å². The number of rotatable bonds is 7. The first-order valence-electron chi connectivity index (χ1n) is 7.80. The van der Waals surface area contributed by atoms with Crippen LogP contribution in [0.3, 0.4) is 0 Å². The molecular weight excluding hydrogens is 302 g/mol. The molecule has 3 heteroatoms. The number of allylic oxidation sites excluding steroid dienone is 1. The van der Waals surface area contributed by atoms with Crippen LogP contribution in [0, 0.1) is 0 Å². The summed E-state index contributed by atoms with van der Waals surface area (Å²) in [5, 5.41) is 3.08. The van der Waals surface area contributed by atoms with Crippen LogP contribution in [0.5, 0.6) is 0 Å². The Balaban J connectivity index is 2.50. The first kappa shape index (κ1) is 17.4. The maximum atomic E-state index is 13.1. The van der Waals surface area contributed by atoms with E-state index in [2.05, 4.69) is 11.9 Å². The monoisotopic (exact) mass is 325 g/mol. The Morgan fingerprint density at radius 2 is 1.70 bits per heavy atom. The summed E-state index contributed by atoms with van der Waals surface area (Å²) in [7, 11) is 0. The summed E-state index contributed by atoms with van der Waals surface area (Å²) in [6.07, 6.45) is 2.39. The smallest absolute Gasteiger partial charge is 0.241 e. The van der Waals surface area contributed by atoms with E-state index in [1.54, 1.807) is 11.8 Å². The van der Waals surface area contributed by atoms with E-state index in [0.717, 1.165) is 10.5 Å². The summed E-state index contributed by atoms with van der Waals surface area (Å²) in [6, 6.07) is 20.1. The van der Waals surface area contributed by atoms with Crippen LogP contribution in [0.15, 0.2) is 78.2 Å². The molecule has 0 unspecified atom stereocenters. The van der Waals surface area contributed by atoms with Crippen molar-refractivity contribution >= 4 is 17.7 Å². The summed E-state index contributed by atoms with van der Waals surface area (Å²) in [5.41, 5.74) is 0.993. The molecule has 0 aliphatic rings. The molecule has 0 saturated carbocycles. The molecule has 1 atom stereocenters. The highest BCUT2D eigenvalue weighted by Crippen LogP contribution is 2.44. The lowest BCUT2D eigenvalue weighted by molar-refractivity contribution is -0.124. The van der Waals surface area contributed by atoms with Crippen molar-refractivity contribution in [2.45, 2.75) is 36.0 Å². The highest BCUT2D eigenvalue weighted by molar-refractivity contribution is 8.01. The van der Waals surface area contributed by atoms with Gasteiger partial charge in [0.2, 0.25) is 5.91 Å². The zero-order chi connectivity index (χ0) is 16.7. The molecule has 0 bridgehead atoms. The van der Waals surface area contributed by atoms with Crippen molar-refractivity contribution < 1.29 is 4.79 Å². The summed E-state index contributed by atoms with van der Waals surface area (Å²) in [6.45, 7) is 7.84. The van der Waals surface area contributed by atoms with E-state index in [9.17, 15) is 4.79 Å². The van der Waals surface area contributed by atoms with Crippen molar-refractivity contribution in [3.05, 3.63) is 78.9 Å². The van der Waals surface area contributed by atoms with Gasteiger partial charge in [-0.3, -0.25) is 4.79 Å². The number of hydrogen-bond acceptors (Lipinski definition) is 2. The Hall–Kier alpha value is -2.00. The van der Waals surface area contributed by atoms with E-state index >= 15 is 0 Å². The zero-order valence-electron chi connectivity index (χ0n) is 13.7. The molecule has 23 heavy (non-hydrogen) atoms. The van der Waals surface area contributed by atoms with E-state index < -0.39 is 4.75 Å². The molecule has 1 N–H and O–H groups in total. The van der Waals surface area contributed by atoms with Gasteiger partial charge in [0.25, 0.3) is 0 Å². The van der Waals surface area contributed by atoms with Crippen LogP contribution in [-0.2, 0) is 9.54 Å². The van der Waals surface area contributed by atoms with Crippen LogP contribution >= 0.6 is 11.8 Å². The average Bonchev–Trinajstić information content (AvgIpc) is 2.55. The minimum atomic E-state index is -0.714. The third-order valence-corrected chi connectivity index (χ3v) is 4.94. The van der Waals surface area contributed by atoms with Crippen molar-refractivity contribution in [1.29, 1.82) is 0 Å². The molecule has 0 aromatic heterocycles. The lowest BCUT2D eigenvalue weighted by Gasteiger charge is -2.32. The lowest BCUT2D eigenvalue weighted by atomic mass is 9.93. The maximum Gasteiger partial charge on any atom is 0.241 e. The van der Waals surface area contributed by atoms with Gasteiger partial charge in [-0.05, 0) is 38.0 Å². The zero-order valence-corrected chi connectivity index (χ0v) is 14.5. The number of nitrogens with one attached hydrogen (secondary N) is 1. The number of thioether (sulfide) groups is 1. The van der Waals surface area contributed by atoms with Crippen LogP contribution in [-0.4, -0.2) is 11.9 Å². The molecule has 2 nitrogen and oxygen atoms in total. The van der Waals surface area contributed by atoms with Crippen LogP contribution in [0.2, 0.25) is 0 Å². The first-order valence-corrected chi connectivity index (χ1v) is 8.61. The predicted molar refractivity (Wildman–Crippen MR) is 98.5 cm³/mol. The number of hydrogen-bond donors (Lipinski definition) is 1. The number of benzene rings is 2. The van der Waals surface area contributed by atoms with Gasteiger partial charge < -0.3 is 5.32 Å². The molecule has 0 fully saturated rings.